The average Bonchev–Trinajstić information content (AvgIpc) is 3.04. The highest BCUT2D eigenvalue weighted by atomic mass is 16.5. The van der Waals surface area contributed by atoms with E-state index in [9.17, 15) is 4.79 Å². The summed E-state index contributed by atoms with van der Waals surface area (Å²) in [5.74, 6) is 1.91. The molecule has 0 saturated carbocycles. The van der Waals surface area contributed by atoms with Crippen molar-refractivity contribution in [1.82, 2.24) is 24.8 Å². The van der Waals surface area contributed by atoms with Gasteiger partial charge >= 0.3 is 0 Å². The van der Waals surface area contributed by atoms with Crippen molar-refractivity contribution in [2.45, 2.75) is 33.4 Å². The van der Waals surface area contributed by atoms with Gasteiger partial charge in [0, 0.05) is 25.6 Å². The van der Waals surface area contributed by atoms with E-state index in [0.29, 0.717) is 31.2 Å². The van der Waals surface area contributed by atoms with Crippen LogP contribution in [0.2, 0.25) is 0 Å². The molecule has 2 aromatic rings. The molecule has 0 bridgehead atoms. The van der Waals surface area contributed by atoms with Crippen molar-refractivity contribution >= 4 is 5.91 Å². The predicted molar refractivity (Wildman–Crippen MR) is 69.8 cm³/mol. The van der Waals surface area contributed by atoms with Crippen LogP contribution in [0.3, 0.4) is 0 Å². The minimum atomic E-state index is -0.113. The number of aromatic nitrogens is 4. The zero-order valence-corrected chi connectivity index (χ0v) is 11.6. The standard InChI is InChI=1S/C13H17N5O2/c1-9(2)5-10-6-11(16-20-10)13(19)17-3-4-18-8-14-15-12(18)7-17/h6,8-9H,3-5,7H2,1-2H3. The lowest BCUT2D eigenvalue weighted by Gasteiger charge is -2.26. The maximum Gasteiger partial charge on any atom is 0.276 e. The summed E-state index contributed by atoms with van der Waals surface area (Å²) < 4.78 is 7.17. The van der Waals surface area contributed by atoms with Crippen molar-refractivity contribution in [2.24, 2.45) is 5.92 Å². The first-order valence-corrected chi connectivity index (χ1v) is 6.75. The number of fused-ring (bicyclic) bond motifs is 1. The van der Waals surface area contributed by atoms with Crippen molar-refractivity contribution < 1.29 is 9.32 Å². The first-order valence-electron chi connectivity index (χ1n) is 6.75. The monoisotopic (exact) mass is 275 g/mol. The molecule has 0 aromatic carbocycles. The van der Waals surface area contributed by atoms with Gasteiger partial charge < -0.3 is 14.0 Å². The molecule has 0 atom stereocenters. The Morgan fingerprint density at radius 2 is 2.30 bits per heavy atom. The van der Waals surface area contributed by atoms with Crippen LogP contribution < -0.4 is 0 Å². The minimum Gasteiger partial charge on any atom is -0.361 e. The van der Waals surface area contributed by atoms with Gasteiger partial charge in [0.25, 0.3) is 5.91 Å². The van der Waals surface area contributed by atoms with E-state index in [2.05, 4.69) is 29.2 Å². The molecule has 3 heterocycles. The number of carbonyl (C=O) groups excluding carboxylic acids is 1. The van der Waals surface area contributed by atoms with E-state index in [1.807, 2.05) is 4.57 Å². The molecule has 1 aliphatic heterocycles. The van der Waals surface area contributed by atoms with Crippen LogP contribution in [0.5, 0.6) is 0 Å². The summed E-state index contributed by atoms with van der Waals surface area (Å²) in [5.41, 5.74) is 0.369. The Labute approximate surface area is 116 Å². The molecule has 20 heavy (non-hydrogen) atoms. The molecule has 0 unspecified atom stereocenters. The Kier molecular flexibility index (Phi) is 3.25. The Morgan fingerprint density at radius 3 is 3.10 bits per heavy atom. The van der Waals surface area contributed by atoms with E-state index in [0.717, 1.165) is 18.0 Å². The Bertz CT molecular complexity index is 616. The Balaban J connectivity index is 1.72. The van der Waals surface area contributed by atoms with Crippen LogP contribution in [0.15, 0.2) is 16.9 Å². The number of carbonyl (C=O) groups is 1. The second-order valence-electron chi connectivity index (χ2n) is 5.44. The molecule has 0 saturated heterocycles. The van der Waals surface area contributed by atoms with E-state index in [4.69, 9.17) is 4.52 Å². The van der Waals surface area contributed by atoms with Crippen molar-refractivity contribution in [1.29, 1.82) is 0 Å². The third-order valence-electron chi connectivity index (χ3n) is 3.31. The number of rotatable bonds is 3. The molecule has 1 amide bonds. The lowest BCUT2D eigenvalue weighted by atomic mass is 10.1. The number of hydrogen-bond acceptors (Lipinski definition) is 5. The molecular formula is C13H17N5O2. The Morgan fingerprint density at radius 1 is 1.45 bits per heavy atom. The molecule has 7 nitrogen and oxygen atoms in total. The smallest absolute Gasteiger partial charge is 0.276 e. The van der Waals surface area contributed by atoms with Crippen molar-refractivity contribution in [3.05, 3.63) is 29.7 Å². The Hall–Kier alpha value is -2.18. The van der Waals surface area contributed by atoms with Gasteiger partial charge in [-0.25, -0.2) is 0 Å². The summed E-state index contributed by atoms with van der Waals surface area (Å²) in [7, 11) is 0. The van der Waals surface area contributed by atoms with E-state index < -0.39 is 0 Å². The van der Waals surface area contributed by atoms with Crippen LogP contribution in [-0.4, -0.2) is 37.3 Å². The van der Waals surface area contributed by atoms with Crippen molar-refractivity contribution in [2.75, 3.05) is 6.54 Å². The summed E-state index contributed by atoms with van der Waals surface area (Å²) in [6, 6.07) is 1.74. The van der Waals surface area contributed by atoms with E-state index in [1.54, 1.807) is 17.3 Å². The average molecular weight is 275 g/mol. The molecule has 0 fully saturated rings. The third kappa shape index (κ3) is 2.43. The van der Waals surface area contributed by atoms with Gasteiger partial charge in [0.1, 0.15) is 12.1 Å². The van der Waals surface area contributed by atoms with Gasteiger partial charge in [-0.2, -0.15) is 0 Å². The van der Waals surface area contributed by atoms with Crippen LogP contribution in [-0.2, 0) is 19.5 Å². The fraction of sp³-hybridized carbons (Fsp3) is 0.538. The quantitative estimate of drug-likeness (QED) is 0.839. The number of hydrogen-bond donors (Lipinski definition) is 0. The van der Waals surface area contributed by atoms with Gasteiger partial charge in [-0.3, -0.25) is 4.79 Å². The molecule has 2 aromatic heterocycles. The summed E-state index contributed by atoms with van der Waals surface area (Å²) in [5, 5.41) is 11.7. The molecule has 0 spiro atoms. The zero-order chi connectivity index (χ0) is 14.1. The van der Waals surface area contributed by atoms with Crippen LogP contribution in [0, 0.1) is 5.92 Å². The van der Waals surface area contributed by atoms with Gasteiger partial charge in [-0.05, 0) is 5.92 Å². The maximum absolute atomic E-state index is 12.4. The van der Waals surface area contributed by atoms with Gasteiger partial charge in [0.15, 0.2) is 11.5 Å². The van der Waals surface area contributed by atoms with E-state index in [1.165, 1.54) is 0 Å². The highest BCUT2D eigenvalue weighted by Gasteiger charge is 2.25. The fourth-order valence-electron chi connectivity index (χ4n) is 2.31. The minimum absolute atomic E-state index is 0.113. The van der Waals surface area contributed by atoms with E-state index >= 15 is 0 Å². The van der Waals surface area contributed by atoms with Crippen LogP contribution in [0.4, 0.5) is 0 Å². The second-order valence-corrected chi connectivity index (χ2v) is 5.44. The number of nitrogens with zero attached hydrogens (tertiary/aromatic N) is 5. The fourth-order valence-corrected chi connectivity index (χ4v) is 2.31. The first kappa shape index (κ1) is 12.8. The predicted octanol–water partition coefficient (Wildman–Crippen LogP) is 1.12. The second kappa shape index (κ2) is 5.07. The number of amides is 1. The molecule has 106 valence electrons. The lowest BCUT2D eigenvalue weighted by Crippen LogP contribution is -2.38. The summed E-state index contributed by atoms with van der Waals surface area (Å²) in [6.07, 6.45) is 2.47. The topological polar surface area (TPSA) is 77.1 Å². The first-order chi connectivity index (χ1) is 9.63. The molecular weight excluding hydrogens is 258 g/mol. The van der Waals surface area contributed by atoms with Crippen molar-refractivity contribution in [3.8, 4) is 0 Å². The van der Waals surface area contributed by atoms with Crippen LogP contribution in [0.25, 0.3) is 0 Å². The van der Waals surface area contributed by atoms with Gasteiger partial charge in [-0.1, -0.05) is 19.0 Å². The highest BCUT2D eigenvalue weighted by Crippen LogP contribution is 2.15. The van der Waals surface area contributed by atoms with Crippen LogP contribution in [0.1, 0.15) is 35.9 Å². The largest absolute Gasteiger partial charge is 0.361 e. The van der Waals surface area contributed by atoms with Crippen molar-refractivity contribution in [3.63, 3.8) is 0 Å². The van der Waals surface area contributed by atoms with Gasteiger partial charge in [0.05, 0.1) is 6.54 Å². The third-order valence-corrected chi connectivity index (χ3v) is 3.31. The normalized spacial score (nSPS) is 14.7. The molecule has 0 N–H and O–H groups in total. The molecule has 0 aliphatic carbocycles. The lowest BCUT2D eigenvalue weighted by molar-refractivity contribution is 0.0697. The van der Waals surface area contributed by atoms with Gasteiger partial charge in [0.2, 0.25) is 0 Å². The summed E-state index contributed by atoms with van der Waals surface area (Å²) in [6.45, 7) is 6.01. The van der Waals surface area contributed by atoms with Gasteiger partial charge in [-0.15, -0.1) is 10.2 Å². The molecule has 7 heteroatoms. The molecule has 0 radical (unpaired) electrons. The summed E-state index contributed by atoms with van der Waals surface area (Å²) in [4.78, 5) is 14.1. The molecule has 3 rings (SSSR count). The van der Waals surface area contributed by atoms with Crippen LogP contribution >= 0.6 is 0 Å². The summed E-state index contributed by atoms with van der Waals surface area (Å²) >= 11 is 0. The molecule has 1 aliphatic rings. The highest BCUT2D eigenvalue weighted by molar-refractivity contribution is 5.92. The van der Waals surface area contributed by atoms with E-state index in [-0.39, 0.29) is 5.91 Å². The maximum atomic E-state index is 12.4. The SMILES string of the molecule is CC(C)Cc1cc(C(=O)N2CCn3cnnc3C2)no1. The zero-order valence-electron chi connectivity index (χ0n) is 11.6.